The Labute approximate surface area is 457 Å². The summed E-state index contributed by atoms with van der Waals surface area (Å²) in [7, 11) is 0. The first-order chi connectivity index (χ1) is 36.3. The number of esters is 6. The maximum absolute atomic E-state index is 12.3. The van der Waals surface area contributed by atoms with Crippen molar-refractivity contribution in [1.29, 1.82) is 0 Å². The molecule has 75 heavy (non-hydrogen) atoms. The van der Waals surface area contributed by atoms with Crippen LogP contribution in [0.5, 0.6) is 34.5 Å². The fraction of sp³-hybridized carbons (Fsp3) is 0. The zero-order valence-corrected chi connectivity index (χ0v) is 50.5. The molecule has 0 saturated carbocycles. The number of carbonyl (C=O) groups excluding carboxylic acids is 6. The molecule has 0 N–H and O–H groups in total. The van der Waals surface area contributed by atoms with Gasteiger partial charge in [0.1, 0.15) is 0 Å². The third-order valence-corrected chi connectivity index (χ3v) is 38.6. The number of rotatable bonds is 21. The topological polar surface area (TPSA) is 158 Å². The molecule has 0 bridgehead atoms. The third kappa shape index (κ3) is 14.8. The van der Waals surface area contributed by atoms with E-state index < -0.39 is 101 Å². The Morgan fingerprint density at radius 3 is 0.493 bits per heavy atom. The summed E-state index contributed by atoms with van der Waals surface area (Å²) in [5.41, 5.74) is 0. The van der Waals surface area contributed by atoms with Crippen molar-refractivity contribution < 1.29 is 57.2 Å². The average Bonchev–Trinajstić information content (AvgIpc) is 3.43. The number of benzene rings is 7. The third-order valence-electron chi connectivity index (χ3n) is 10.5. The van der Waals surface area contributed by atoms with Crippen LogP contribution in [0.15, 0.2) is 240 Å². The van der Waals surface area contributed by atoms with Crippen molar-refractivity contribution in [3.8, 4) is 34.5 Å². The van der Waals surface area contributed by atoms with Gasteiger partial charge < -0.3 is 0 Å². The van der Waals surface area contributed by atoms with E-state index in [2.05, 4.69) is 57.7 Å². The Balaban J connectivity index is 1.53. The van der Waals surface area contributed by atoms with Gasteiger partial charge in [0, 0.05) is 0 Å². The number of ether oxygens (including phenoxy) is 6. The summed E-state index contributed by atoms with van der Waals surface area (Å²) in [6.45, 7) is 21.2. The van der Waals surface area contributed by atoms with Gasteiger partial charge in [-0.05, 0) is 0 Å². The van der Waals surface area contributed by atoms with Crippen LogP contribution in [0.25, 0.3) is 0 Å². The summed E-state index contributed by atoms with van der Waals surface area (Å²) >= 11 is -10.7. The molecule has 7 rings (SSSR count). The van der Waals surface area contributed by atoms with Crippen molar-refractivity contribution in [2.45, 2.75) is 0 Å². The van der Waals surface area contributed by atoms with Crippen LogP contribution in [-0.4, -0.2) is 101 Å². The first-order valence-corrected chi connectivity index (χ1v) is 38.2. The molecular weight excluding hydrogens is 1540 g/mol. The van der Waals surface area contributed by atoms with Gasteiger partial charge in [-0.25, -0.2) is 0 Å². The second-order valence-electron chi connectivity index (χ2n) is 15.4. The van der Waals surface area contributed by atoms with Gasteiger partial charge in [0.05, 0.1) is 0 Å². The molecule has 7 aromatic rings. The van der Waals surface area contributed by atoms with Gasteiger partial charge in [0.25, 0.3) is 0 Å². The first-order valence-electron chi connectivity index (χ1n) is 22.5. The molecular formula is C60H45Bi3O12. The van der Waals surface area contributed by atoms with Crippen LogP contribution in [0.1, 0.15) is 0 Å². The molecule has 0 aliphatic rings. The molecule has 0 atom stereocenters. The van der Waals surface area contributed by atoms with E-state index in [1.807, 2.05) is 72.8 Å². The van der Waals surface area contributed by atoms with E-state index >= 15 is 0 Å². The summed E-state index contributed by atoms with van der Waals surface area (Å²) in [6.07, 6.45) is 6.58. The SMILES string of the molecule is C=CC(=O)Oc1cc[c]([Bi]([c]2ccc(OC(=O)C=C)cc2)[c]2c[c]([Bi]([c]3ccc(OC(=O)C=C)cc3)[c]3ccc(OC(=O)C=C)cc3)c[c]([Bi]([c]3ccc(OC(=O)C=C)cc3)[c]3ccc(OC(=O)C=C)cc3)c2)cc1. The summed E-state index contributed by atoms with van der Waals surface area (Å²) in [4.78, 5) is 73.8. The van der Waals surface area contributed by atoms with Crippen LogP contribution in [0, 0.1) is 0 Å². The first kappa shape index (κ1) is 55.2. The van der Waals surface area contributed by atoms with Gasteiger partial charge in [-0.3, -0.25) is 0 Å². The minimum atomic E-state index is -3.57. The Kier molecular flexibility index (Phi) is 19.6. The Hall–Kier alpha value is -7.55. The molecule has 0 fully saturated rings. The van der Waals surface area contributed by atoms with Crippen LogP contribution in [0.3, 0.4) is 0 Å². The molecule has 0 amide bonds. The van der Waals surface area contributed by atoms with Crippen LogP contribution < -0.4 is 57.9 Å². The zero-order valence-electron chi connectivity index (χ0n) is 40.0. The van der Waals surface area contributed by atoms with Gasteiger partial charge in [-0.15, -0.1) is 0 Å². The van der Waals surface area contributed by atoms with Crippen molar-refractivity contribution in [1.82, 2.24) is 0 Å². The van der Waals surface area contributed by atoms with Crippen LogP contribution in [0.4, 0.5) is 0 Å². The average molecular weight is 1580 g/mol. The standard InChI is InChI=1S/6C9H7O2.C6H3.3Bi/c6*1-2-9(10)11-8-6-4-3-5-7-8;1-2-4-6-5-3-1;;;/h6*2,4-7H,1H2;1,4-5H;;;. The van der Waals surface area contributed by atoms with Crippen LogP contribution >= 0.6 is 0 Å². The quantitative estimate of drug-likeness (QED) is 0.0445. The van der Waals surface area contributed by atoms with Gasteiger partial charge >= 0.3 is 462 Å². The fourth-order valence-electron chi connectivity index (χ4n) is 7.23. The molecule has 0 heterocycles. The second-order valence-corrected chi connectivity index (χ2v) is 41.3. The Morgan fingerprint density at radius 1 is 0.240 bits per heavy atom. The molecule has 0 radical (unpaired) electrons. The number of hydrogen-bond acceptors (Lipinski definition) is 12. The van der Waals surface area contributed by atoms with E-state index in [0.29, 0.717) is 34.5 Å². The van der Waals surface area contributed by atoms with Crippen molar-refractivity contribution in [2.75, 3.05) is 0 Å². The normalized spacial score (nSPS) is 10.6. The monoisotopic (exact) mass is 1580 g/mol. The van der Waals surface area contributed by atoms with Gasteiger partial charge in [-0.2, -0.15) is 0 Å². The van der Waals surface area contributed by atoms with Crippen LogP contribution in [0.2, 0.25) is 0 Å². The van der Waals surface area contributed by atoms with E-state index in [0.717, 1.165) is 65.9 Å². The van der Waals surface area contributed by atoms with Crippen molar-refractivity contribution in [3.05, 3.63) is 240 Å². The van der Waals surface area contributed by atoms with E-state index in [9.17, 15) is 28.8 Å². The molecule has 0 aliphatic heterocycles. The van der Waals surface area contributed by atoms with Gasteiger partial charge in [-0.1, -0.05) is 0 Å². The number of carbonyl (C=O) groups is 6. The van der Waals surface area contributed by atoms with E-state index in [1.165, 1.54) is 0 Å². The predicted octanol–water partition coefficient (Wildman–Crippen LogP) is 3.78. The van der Waals surface area contributed by atoms with Gasteiger partial charge in [0.2, 0.25) is 0 Å². The fourth-order valence-corrected chi connectivity index (χ4v) is 39.4. The Morgan fingerprint density at radius 2 is 0.373 bits per heavy atom. The molecule has 372 valence electrons. The van der Waals surface area contributed by atoms with E-state index in [1.54, 1.807) is 72.8 Å². The summed E-state index contributed by atoms with van der Waals surface area (Å²) < 4.78 is 42.5. The molecule has 0 saturated heterocycles. The Bertz CT molecular complexity index is 2750. The summed E-state index contributed by atoms with van der Waals surface area (Å²) in [6, 6.07) is 51.7. The van der Waals surface area contributed by atoms with Gasteiger partial charge in [0.15, 0.2) is 0 Å². The van der Waals surface area contributed by atoms with E-state index in [4.69, 9.17) is 28.4 Å². The molecule has 15 heteroatoms. The second kappa shape index (κ2) is 26.6. The number of hydrogen-bond donors (Lipinski definition) is 0. The zero-order chi connectivity index (χ0) is 53.4. The predicted molar refractivity (Wildman–Crippen MR) is 294 cm³/mol. The minimum absolute atomic E-state index is 0.342. The van der Waals surface area contributed by atoms with Crippen molar-refractivity contribution >= 4 is 131 Å². The summed E-state index contributed by atoms with van der Waals surface area (Å²) in [5, 5.41) is 0. The molecule has 7 aromatic carbocycles. The maximum atomic E-state index is 12.3. The molecule has 12 nitrogen and oxygen atoms in total. The molecule has 0 aliphatic carbocycles. The summed E-state index contributed by atoms with van der Waals surface area (Å²) in [5.74, 6) is -1.54. The molecule has 0 spiro atoms. The molecule has 0 unspecified atom stereocenters. The van der Waals surface area contributed by atoms with Crippen molar-refractivity contribution in [2.24, 2.45) is 0 Å². The van der Waals surface area contributed by atoms with Crippen LogP contribution in [-0.2, 0) is 28.8 Å². The van der Waals surface area contributed by atoms with E-state index in [-0.39, 0.29) is 0 Å². The van der Waals surface area contributed by atoms with Crippen molar-refractivity contribution in [3.63, 3.8) is 0 Å². The molecule has 0 aromatic heterocycles.